The summed E-state index contributed by atoms with van der Waals surface area (Å²) in [5.74, 6) is 0.471. The van der Waals surface area contributed by atoms with E-state index in [1.165, 1.54) is 5.69 Å². The summed E-state index contributed by atoms with van der Waals surface area (Å²) in [5.41, 5.74) is 8.82. The normalized spacial score (nSPS) is 11.5. The van der Waals surface area contributed by atoms with Crippen molar-refractivity contribution in [3.8, 4) is 0 Å². The van der Waals surface area contributed by atoms with E-state index in [1.54, 1.807) is 6.20 Å². The Morgan fingerprint density at radius 2 is 2.10 bits per heavy atom. The highest BCUT2D eigenvalue weighted by Gasteiger charge is 2.17. The van der Waals surface area contributed by atoms with Gasteiger partial charge in [-0.3, -0.25) is 4.68 Å². The number of rotatable bonds is 4. The average Bonchev–Trinajstić information content (AvgIpc) is 2.80. The van der Waals surface area contributed by atoms with Crippen molar-refractivity contribution in [1.82, 2.24) is 19.7 Å². The van der Waals surface area contributed by atoms with Crippen molar-refractivity contribution >= 4 is 27.8 Å². The molecule has 0 radical (unpaired) electrons. The number of nitrogen functional groups attached to an aromatic ring is 1. The van der Waals surface area contributed by atoms with Crippen LogP contribution in [0.3, 0.4) is 0 Å². The standard InChI is InChI=1S/C15H19N5/c1-3-6-11-12-10-7-5-8-17-15(10)18-14(16)13(12)19-20(11)9-4-2/h5,7-8H,3-4,6,9H2,1-2H3,(H2,16,17,18). The lowest BCUT2D eigenvalue weighted by Gasteiger charge is -2.06. The molecule has 0 fully saturated rings. The van der Waals surface area contributed by atoms with Crippen molar-refractivity contribution in [2.45, 2.75) is 39.7 Å². The largest absolute Gasteiger partial charge is 0.382 e. The zero-order chi connectivity index (χ0) is 14.1. The first kappa shape index (κ1) is 12.8. The van der Waals surface area contributed by atoms with Crippen molar-refractivity contribution in [2.75, 3.05) is 5.73 Å². The molecule has 0 bridgehead atoms. The number of nitrogens with two attached hydrogens (primary N) is 1. The van der Waals surface area contributed by atoms with Crippen LogP contribution in [-0.2, 0) is 13.0 Å². The van der Waals surface area contributed by atoms with Crippen LogP contribution in [0.15, 0.2) is 18.3 Å². The number of pyridine rings is 2. The Morgan fingerprint density at radius 1 is 1.25 bits per heavy atom. The summed E-state index contributed by atoms with van der Waals surface area (Å²) in [5, 5.41) is 6.84. The van der Waals surface area contributed by atoms with Gasteiger partial charge >= 0.3 is 0 Å². The molecule has 20 heavy (non-hydrogen) atoms. The van der Waals surface area contributed by atoms with E-state index in [4.69, 9.17) is 5.73 Å². The van der Waals surface area contributed by atoms with Gasteiger partial charge in [-0.1, -0.05) is 20.3 Å². The van der Waals surface area contributed by atoms with Gasteiger partial charge in [-0.25, -0.2) is 9.97 Å². The maximum atomic E-state index is 6.07. The summed E-state index contributed by atoms with van der Waals surface area (Å²) in [7, 11) is 0. The molecule has 0 aliphatic carbocycles. The SMILES string of the molecule is CCCc1c2c(nn1CCC)c(N)nc1ncccc12. The number of hydrogen-bond acceptors (Lipinski definition) is 4. The molecule has 3 aromatic rings. The highest BCUT2D eigenvalue weighted by molar-refractivity contribution is 6.08. The summed E-state index contributed by atoms with van der Waals surface area (Å²) in [6.45, 7) is 5.24. The van der Waals surface area contributed by atoms with Crippen LogP contribution >= 0.6 is 0 Å². The summed E-state index contributed by atoms with van der Waals surface area (Å²) in [4.78, 5) is 8.69. The number of fused-ring (bicyclic) bond motifs is 3. The van der Waals surface area contributed by atoms with Crippen LogP contribution in [0.5, 0.6) is 0 Å². The first-order chi connectivity index (χ1) is 9.76. The van der Waals surface area contributed by atoms with Gasteiger partial charge in [0.05, 0.1) is 0 Å². The van der Waals surface area contributed by atoms with E-state index in [1.807, 2.05) is 12.1 Å². The number of aromatic nitrogens is 4. The van der Waals surface area contributed by atoms with Gasteiger partial charge < -0.3 is 5.73 Å². The summed E-state index contributed by atoms with van der Waals surface area (Å²) < 4.78 is 2.08. The Kier molecular flexibility index (Phi) is 3.26. The predicted octanol–water partition coefficient (Wildman–Crippen LogP) is 2.92. The van der Waals surface area contributed by atoms with Crippen molar-refractivity contribution < 1.29 is 0 Å². The molecule has 5 nitrogen and oxygen atoms in total. The fraction of sp³-hybridized carbons (Fsp3) is 0.400. The van der Waals surface area contributed by atoms with Crippen molar-refractivity contribution in [2.24, 2.45) is 0 Å². The highest BCUT2D eigenvalue weighted by Crippen LogP contribution is 2.30. The van der Waals surface area contributed by atoms with Crippen LogP contribution in [0.1, 0.15) is 32.4 Å². The fourth-order valence-corrected chi connectivity index (χ4v) is 2.69. The third-order valence-electron chi connectivity index (χ3n) is 3.50. The molecule has 3 aromatic heterocycles. The van der Waals surface area contributed by atoms with Crippen LogP contribution in [-0.4, -0.2) is 19.7 Å². The monoisotopic (exact) mass is 269 g/mol. The Labute approximate surface area is 117 Å². The van der Waals surface area contributed by atoms with E-state index in [-0.39, 0.29) is 0 Å². The fourth-order valence-electron chi connectivity index (χ4n) is 2.69. The highest BCUT2D eigenvalue weighted by atomic mass is 15.3. The van der Waals surface area contributed by atoms with E-state index in [0.717, 1.165) is 42.1 Å². The second-order valence-electron chi connectivity index (χ2n) is 5.02. The van der Waals surface area contributed by atoms with E-state index in [2.05, 4.69) is 33.6 Å². The van der Waals surface area contributed by atoms with Crippen molar-refractivity contribution in [3.63, 3.8) is 0 Å². The lowest BCUT2D eigenvalue weighted by atomic mass is 10.1. The number of hydrogen-bond donors (Lipinski definition) is 1. The summed E-state index contributed by atoms with van der Waals surface area (Å²) in [6, 6.07) is 3.99. The first-order valence-electron chi connectivity index (χ1n) is 7.15. The van der Waals surface area contributed by atoms with Gasteiger partial charge in [0.25, 0.3) is 0 Å². The van der Waals surface area contributed by atoms with Crippen LogP contribution in [0.4, 0.5) is 5.82 Å². The molecule has 0 amide bonds. The molecule has 0 aromatic carbocycles. The quantitative estimate of drug-likeness (QED) is 0.790. The number of anilines is 1. The van der Waals surface area contributed by atoms with Gasteiger partial charge in [0.2, 0.25) is 0 Å². The average molecular weight is 269 g/mol. The lowest BCUT2D eigenvalue weighted by molar-refractivity contribution is 0.576. The molecular weight excluding hydrogens is 250 g/mol. The minimum atomic E-state index is 0.471. The molecule has 3 rings (SSSR count). The maximum Gasteiger partial charge on any atom is 0.162 e. The Hall–Kier alpha value is -2.17. The molecule has 2 N–H and O–H groups in total. The number of aryl methyl sites for hydroxylation is 2. The van der Waals surface area contributed by atoms with E-state index in [0.29, 0.717) is 11.5 Å². The second-order valence-corrected chi connectivity index (χ2v) is 5.02. The second kappa shape index (κ2) is 5.07. The molecular formula is C15H19N5. The van der Waals surface area contributed by atoms with Gasteiger partial charge in [0, 0.05) is 29.2 Å². The molecule has 0 saturated heterocycles. The maximum absolute atomic E-state index is 6.07. The molecule has 0 aliphatic rings. The molecule has 0 atom stereocenters. The molecule has 5 heteroatoms. The Morgan fingerprint density at radius 3 is 2.85 bits per heavy atom. The molecule has 0 unspecified atom stereocenters. The van der Waals surface area contributed by atoms with E-state index < -0.39 is 0 Å². The minimum absolute atomic E-state index is 0.471. The Balaban J connectivity index is 2.42. The summed E-state index contributed by atoms with van der Waals surface area (Å²) >= 11 is 0. The Bertz CT molecular complexity index is 760. The van der Waals surface area contributed by atoms with Gasteiger partial charge in [-0.15, -0.1) is 0 Å². The van der Waals surface area contributed by atoms with Gasteiger partial charge in [0.15, 0.2) is 11.5 Å². The van der Waals surface area contributed by atoms with Gasteiger partial charge in [-0.05, 0) is 25.0 Å². The van der Waals surface area contributed by atoms with Gasteiger partial charge in [-0.2, -0.15) is 5.10 Å². The predicted molar refractivity (Wildman–Crippen MR) is 81.5 cm³/mol. The van der Waals surface area contributed by atoms with Crippen LogP contribution in [0, 0.1) is 0 Å². The molecule has 0 saturated carbocycles. The third kappa shape index (κ3) is 1.90. The van der Waals surface area contributed by atoms with Crippen molar-refractivity contribution in [3.05, 3.63) is 24.0 Å². The topological polar surface area (TPSA) is 69.6 Å². The minimum Gasteiger partial charge on any atom is -0.382 e. The van der Waals surface area contributed by atoms with Crippen LogP contribution < -0.4 is 5.73 Å². The zero-order valence-corrected chi connectivity index (χ0v) is 11.9. The molecule has 0 spiro atoms. The van der Waals surface area contributed by atoms with Crippen molar-refractivity contribution in [1.29, 1.82) is 0 Å². The first-order valence-corrected chi connectivity index (χ1v) is 7.15. The smallest absolute Gasteiger partial charge is 0.162 e. The molecule has 0 aliphatic heterocycles. The third-order valence-corrected chi connectivity index (χ3v) is 3.50. The molecule has 104 valence electrons. The van der Waals surface area contributed by atoms with E-state index >= 15 is 0 Å². The summed E-state index contributed by atoms with van der Waals surface area (Å²) in [6.07, 6.45) is 4.86. The zero-order valence-electron chi connectivity index (χ0n) is 11.9. The van der Waals surface area contributed by atoms with Crippen LogP contribution in [0.2, 0.25) is 0 Å². The van der Waals surface area contributed by atoms with Crippen LogP contribution in [0.25, 0.3) is 21.9 Å². The van der Waals surface area contributed by atoms with Gasteiger partial charge in [0.1, 0.15) is 5.52 Å². The number of nitrogens with zero attached hydrogens (tertiary/aromatic N) is 4. The molecule has 3 heterocycles. The lowest BCUT2D eigenvalue weighted by Crippen LogP contribution is -2.04. The van der Waals surface area contributed by atoms with E-state index in [9.17, 15) is 0 Å².